The van der Waals surface area contributed by atoms with E-state index in [2.05, 4.69) is 45.1 Å². The van der Waals surface area contributed by atoms with Crippen LogP contribution in [0.2, 0.25) is 0 Å². The molecule has 0 aliphatic carbocycles. The van der Waals surface area contributed by atoms with E-state index in [4.69, 9.17) is 14.2 Å². The topological polar surface area (TPSA) is 78.9 Å². The number of ether oxygens (including phenoxy) is 3. The van der Waals surface area contributed by atoms with Gasteiger partial charge in [-0.25, -0.2) is 0 Å². The molecule has 0 fully saturated rings. The van der Waals surface area contributed by atoms with Crippen LogP contribution in [0.1, 0.15) is 400 Å². The van der Waals surface area contributed by atoms with Crippen LogP contribution < -0.4 is 0 Å². The Balaban J connectivity index is 4.02. The first kappa shape index (κ1) is 75.9. The van der Waals surface area contributed by atoms with E-state index in [9.17, 15) is 14.4 Å². The summed E-state index contributed by atoms with van der Waals surface area (Å²) in [6, 6.07) is 0. The van der Waals surface area contributed by atoms with Crippen LogP contribution in [0.5, 0.6) is 0 Å². The van der Waals surface area contributed by atoms with Gasteiger partial charge in [-0.3, -0.25) is 14.4 Å². The van der Waals surface area contributed by atoms with Crippen molar-refractivity contribution in [2.75, 3.05) is 13.2 Å². The molecule has 0 aliphatic heterocycles. The van der Waals surface area contributed by atoms with Gasteiger partial charge in [-0.05, 0) is 64.2 Å². The molecule has 460 valence electrons. The number of hydrogen-bond donors (Lipinski definition) is 0. The fraction of sp³-hybridized carbons (Fsp3) is 0.903. The lowest BCUT2D eigenvalue weighted by atomic mass is 10.0. The van der Waals surface area contributed by atoms with Crippen LogP contribution in [0.4, 0.5) is 0 Å². The summed E-state index contributed by atoms with van der Waals surface area (Å²) in [6.45, 7) is 6.64. The minimum atomic E-state index is -0.770. The van der Waals surface area contributed by atoms with E-state index in [-0.39, 0.29) is 31.1 Å². The zero-order valence-electron chi connectivity index (χ0n) is 53.0. The fourth-order valence-corrected chi connectivity index (χ4v) is 10.9. The van der Waals surface area contributed by atoms with Gasteiger partial charge in [0.05, 0.1) is 0 Å². The monoisotopic (exact) mass is 1100 g/mol. The number of hydrogen-bond acceptors (Lipinski definition) is 6. The Morgan fingerprint density at radius 3 is 0.692 bits per heavy atom. The van der Waals surface area contributed by atoms with Crippen molar-refractivity contribution in [3.8, 4) is 0 Å². The van der Waals surface area contributed by atoms with E-state index in [1.807, 2.05) is 0 Å². The van der Waals surface area contributed by atoms with E-state index in [1.54, 1.807) is 0 Å². The summed E-state index contributed by atoms with van der Waals surface area (Å²) in [6.07, 6.45) is 82.4. The molecule has 1 unspecified atom stereocenters. The van der Waals surface area contributed by atoms with Crippen molar-refractivity contribution < 1.29 is 28.6 Å². The number of esters is 3. The summed E-state index contributed by atoms with van der Waals surface area (Å²) >= 11 is 0. The summed E-state index contributed by atoms with van der Waals surface area (Å²) in [5.74, 6) is -0.850. The van der Waals surface area contributed by atoms with Crippen molar-refractivity contribution in [3.63, 3.8) is 0 Å². The van der Waals surface area contributed by atoms with Gasteiger partial charge in [0.1, 0.15) is 13.2 Å². The minimum Gasteiger partial charge on any atom is -0.462 e. The Morgan fingerprint density at radius 2 is 0.449 bits per heavy atom. The first-order valence-corrected chi connectivity index (χ1v) is 35.3. The van der Waals surface area contributed by atoms with Crippen LogP contribution in [0.15, 0.2) is 24.3 Å². The highest BCUT2D eigenvalue weighted by molar-refractivity contribution is 5.71. The van der Waals surface area contributed by atoms with Crippen molar-refractivity contribution >= 4 is 17.9 Å². The fourth-order valence-electron chi connectivity index (χ4n) is 10.9. The largest absolute Gasteiger partial charge is 0.462 e. The molecule has 0 aromatic heterocycles. The second-order valence-electron chi connectivity index (χ2n) is 24.1. The van der Waals surface area contributed by atoms with Gasteiger partial charge < -0.3 is 14.2 Å². The van der Waals surface area contributed by atoms with Crippen LogP contribution >= 0.6 is 0 Å². The third-order valence-corrected chi connectivity index (χ3v) is 16.2. The van der Waals surface area contributed by atoms with Crippen LogP contribution in [-0.2, 0) is 28.6 Å². The number of allylic oxidation sites excluding steroid dienone is 4. The zero-order chi connectivity index (χ0) is 56.4. The third-order valence-electron chi connectivity index (χ3n) is 16.2. The van der Waals surface area contributed by atoms with Crippen molar-refractivity contribution in [1.29, 1.82) is 0 Å². The Morgan fingerprint density at radius 1 is 0.244 bits per heavy atom. The summed E-state index contributed by atoms with van der Waals surface area (Å²) in [5, 5.41) is 0. The van der Waals surface area contributed by atoms with Crippen LogP contribution in [-0.4, -0.2) is 37.2 Å². The minimum absolute atomic E-state index is 0.0675. The van der Waals surface area contributed by atoms with Gasteiger partial charge in [0, 0.05) is 19.3 Å². The van der Waals surface area contributed by atoms with Gasteiger partial charge in [0.2, 0.25) is 0 Å². The summed E-state index contributed by atoms with van der Waals surface area (Å²) in [5.41, 5.74) is 0. The molecule has 6 nitrogen and oxygen atoms in total. The van der Waals surface area contributed by atoms with Gasteiger partial charge >= 0.3 is 17.9 Å². The van der Waals surface area contributed by atoms with Crippen LogP contribution in [0.25, 0.3) is 0 Å². The molecule has 0 aromatic carbocycles. The summed E-state index contributed by atoms with van der Waals surface area (Å²) < 4.78 is 16.9. The lowest BCUT2D eigenvalue weighted by molar-refractivity contribution is -0.167. The molecule has 0 bridgehead atoms. The number of carbonyl (C=O) groups is 3. The molecule has 78 heavy (non-hydrogen) atoms. The molecule has 6 heteroatoms. The summed E-state index contributed by atoms with van der Waals surface area (Å²) in [4.78, 5) is 38.2. The highest BCUT2D eigenvalue weighted by atomic mass is 16.6. The lowest BCUT2D eigenvalue weighted by Gasteiger charge is -2.18. The van der Waals surface area contributed by atoms with E-state index < -0.39 is 6.10 Å². The molecular weight excluding hydrogens is 961 g/mol. The number of rotatable bonds is 66. The average Bonchev–Trinajstić information content (AvgIpc) is 3.44. The predicted molar refractivity (Wildman–Crippen MR) is 340 cm³/mol. The molecule has 0 aliphatic rings. The Kier molecular flexibility index (Phi) is 65.6. The van der Waals surface area contributed by atoms with E-state index in [0.717, 1.165) is 70.6 Å². The molecule has 0 spiro atoms. The first-order valence-electron chi connectivity index (χ1n) is 35.3. The maximum absolute atomic E-state index is 12.9. The number of carbonyl (C=O) groups excluding carboxylic acids is 3. The molecule has 0 heterocycles. The second kappa shape index (κ2) is 67.4. The molecule has 0 N–H and O–H groups in total. The highest BCUT2D eigenvalue weighted by Gasteiger charge is 2.19. The third kappa shape index (κ3) is 64.7. The molecule has 0 saturated carbocycles. The van der Waals surface area contributed by atoms with E-state index in [1.165, 1.54) is 289 Å². The maximum Gasteiger partial charge on any atom is 0.306 e. The molecule has 0 rings (SSSR count). The van der Waals surface area contributed by atoms with E-state index >= 15 is 0 Å². The Hall–Kier alpha value is -2.11. The highest BCUT2D eigenvalue weighted by Crippen LogP contribution is 2.19. The SMILES string of the molecule is CCC/C=C\CCCCCCCC(=O)OCC(COC(=O)CCCCCCCCCCCCCCCCCCCCCCC/C=C\CCCCCCCCCC)OC(=O)CCCCCCCCCCCCCCCCCCC. The molecule has 0 amide bonds. The van der Waals surface area contributed by atoms with Crippen molar-refractivity contribution in [1.82, 2.24) is 0 Å². The first-order chi connectivity index (χ1) is 38.5. The quantitative estimate of drug-likeness (QED) is 0.0261. The molecule has 1 atom stereocenters. The van der Waals surface area contributed by atoms with Crippen molar-refractivity contribution in [2.24, 2.45) is 0 Å². The lowest BCUT2D eigenvalue weighted by Crippen LogP contribution is -2.30. The second-order valence-corrected chi connectivity index (χ2v) is 24.1. The zero-order valence-corrected chi connectivity index (χ0v) is 53.0. The maximum atomic E-state index is 12.9. The Labute approximate surface area is 487 Å². The van der Waals surface area contributed by atoms with E-state index in [0.29, 0.717) is 19.3 Å². The van der Waals surface area contributed by atoms with Crippen LogP contribution in [0, 0.1) is 0 Å². The predicted octanol–water partition coefficient (Wildman–Crippen LogP) is 24.2. The molecular formula is C72H136O6. The van der Waals surface area contributed by atoms with Crippen LogP contribution in [0.3, 0.4) is 0 Å². The molecule has 0 aromatic rings. The number of unbranched alkanes of at least 4 members (excludes halogenated alkanes) is 51. The van der Waals surface area contributed by atoms with Gasteiger partial charge in [-0.2, -0.15) is 0 Å². The van der Waals surface area contributed by atoms with Gasteiger partial charge in [0.15, 0.2) is 6.10 Å². The molecule has 0 saturated heterocycles. The van der Waals surface area contributed by atoms with Crippen molar-refractivity contribution in [2.45, 2.75) is 406 Å². The normalized spacial score (nSPS) is 12.1. The van der Waals surface area contributed by atoms with Gasteiger partial charge in [-0.1, -0.05) is 340 Å². The smallest absolute Gasteiger partial charge is 0.306 e. The summed E-state index contributed by atoms with van der Waals surface area (Å²) in [7, 11) is 0. The van der Waals surface area contributed by atoms with Gasteiger partial charge in [0.25, 0.3) is 0 Å². The standard InChI is InChI=1S/C72H136O6/c1-4-7-10-13-16-19-22-24-26-28-29-30-31-32-33-34-35-36-37-38-39-40-41-42-43-45-46-48-50-53-56-59-62-65-71(74)77-68-69(67-76-70(73)64-61-58-55-52-21-18-15-12-9-6-3)78-72(75)66-63-60-57-54-51-49-47-44-27-25-23-20-17-14-11-8-5-2/h12,15,28-29,69H,4-11,13-14,16-27,30-68H2,1-3H3/b15-12-,29-28-. The van der Waals surface area contributed by atoms with Gasteiger partial charge in [-0.15, -0.1) is 0 Å². The molecule has 0 radical (unpaired) electrons. The Bertz CT molecular complexity index is 1260. The van der Waals surface area contributed by atoms with Crippen molar-refractivity contribution in [3.05, 3.63) is 24.3 Å². The average molecular weight is 1100 g/mol.